The fourth-order valence-corrected chi connectivity index (χ4v) is 4.63. The molecule has 218 valence electrons. The average Bonchev–Trinajstić information content (AvgIpc) is 3.37. The third kappa shape index (κ3) is 8.69. The van der Waals surface area contributed by atoms with Crippen molar-refractivity contribution in [3.63, 3.8) is 0 Å². The lowest BCUT2D eigenvalue weighted by molar-refractivity contribution is -0.143. The lowest BCUT2D eigenvalue weighted by Gasteiger charge is -2.19. The maximum atomic E-state index is 12.8. The summed E-state index contributed by atoms with van der Waals surface area (Å²) in [5.41, 5.74) is 2.78. The predicted molar refractivity (Wildman–Crippen MR) is 159 cm³/mol. The number of nitrogens with zero attached hydrogens (tertiary/aromatic N) is 1. The van der Waals surface area contributed by atoms with Crippen LogP contribution in [0.5, 0.6) is 0 Å². The first-order valence-corrected chi connectivity index (χ1v) is 13.7. The van der Waals surface area contributed by atoms with Crippen molar-refractivity contribution in [1.29, 1.82) is 0 Å². The van der Waals surface area contributed by atoms with Crippen LogP contribution in [0.2, 0.25) is 10.0 Å². The number of urea groups is 1. The Morgan fingerprint density at radius 3 is 2.45 bits per heavy atom. The molecule has 0 fully saturated rings. The van der Waals surface area contributed by atoms with E-state index in [9.17, 15) is 19.2 Å². The number of ether oxygens (including phenoxy) is 1. The number of aromatic nitrogens is 2. The van der Waals surface area contributed by atoms with Gasteiger partial charge in [0.2, 0.25) is 5.91 Å². The van der Waals surface area contributed by atoms with Crippen LogP contribution in [0, 0.1) is 0 Å². The summed E-state index contributed by atoms with van der Waals surface area (Å²) in [4.78, 5) is 57.6. The number of fused-ring (bicyclic) bond motifs is 1. The van der Waals surface area contributed by atoms with E-state index in [2.05, 4.69) is 31.2 Å². The van der Waals surface area contributed by atoms with Crippen molar-refractivity contribution in [2.75, 3.05) is 18.5 Å². The van der Waals surface area contributed by atoms with E-state index in [1.807, 2.05) is 24.3 Å². The SMILES string of the molecule is CCOC(=O)CC(NC(=O)CNC(=O)c1cccc(NC(=O)NCc2nc3ccccc3[nH]2)c1)c1cc(Cl)cc(Cl)c1. The molecule has 1 heterocycles. The van der Waals surface area contributed by atoms with E-state index in [0.29, 0.717) is 27.1 Å². The molecular weight excluding hydrogens is 583 g/mol. The second-order valence-electron chi connectivity index (χ2n) is 9.10. The van der Waals surface area contributed by atoms with Crippen molar-refractivity contribution in [3.8, 4) is 0 Å². The molecule has 0 aliphatic carbocycles. The third-order valence-corrected chi connectivity index (χ3v) is 6.38. The maximum Gasteiger partial charge on any atom is 0.319 e. The number of nitrogens with one attached hydrogen (secondary N) is 5. The van der Waals surface area contributed by atoms with Crippen LogP contribution >= 0.6 is 23.2 Å². The number of carbonyl (C=O) groups excluding carboxylic acids is 4. The van der Waals surface area contributed by atoms with Crippen molar-refractivity contribution < 1.29 is 23.9 Å². The predicted octanol–water partition coefficient (Wildman–Crippen LogP) is 4.73. The first-order valence-electron chi connectivity index (χ1n) is 13.0. The van der Waals surface area contributed by atoms with Crippen LogP contribution < -0.4 is 21.3 Å². The number of hydrogen-bond donors (Lipinski definition) is 5. The van der Waals surface area contributed by atoms with E-state index in [4.69, 9.17) is 27.9 Å². The molecule has 0 radical (unpaired) electrons. The molecule has 4 rings (SSSR count). The molecule has 1 aromatic heterocycles. The van der Waals surface area contributed by atoms with E-state index < -0.39 is 29.9 Å². The molecular formula is C29H28Cl2N6O5. The second kappa shape index (κ2) is 14.3. The van der Waals surface area contributed by atoms with Crippen LogP contribution in [0.15, 0.2) is 66.7 Å². The van der Waals surface area contributed by atoms with Gasteiger partial charge < -0.3 is 31.0 Å². The lowest BCUT2D eigenvalue weighted by atomic mass is 10.0. The topological polar surface area (TPSA) is 154 Å². The summed E-state index contributed by atoms with van der Waals surface area (Å²) in [6.45, 7) is 1.66. The summed E-state index contributed by atoms with van der Waals surface area (Å²) in [7, 11) is 0. The fourth-order valence-electron chi connectivity index (χ4n) is 4.09. The fraction of sp³-hybridized carbons (Fsp3) is 0.207. The molecule has 0 saturated carbocycles. The Labute approximate surface area is 251 Å². The zero-order valence-corrected chi connectivity index (χ0v) is 24.0. The standard InChI is InChI=1S/C29H28Cl2N6O5/c1-2-42-27(39)14-24(18-10-19(30)13-20(31)11-18)37-26(38)16-32-28(40)17-6-5-7-21(12-17)34-29(41)33-15-25-35-22-8-3-4-9-23(22)36-25/h3-13,24H,2,14-16H2,1H3,(H,32,40)(H,35,36)(H,37,38)(H2,33,34,41). The van der Waals surface area contributed by atoms with Gasteiger partial charge in [0.05, 0.1) is 43.2 Å². The zero-order valence-electron chi connectivity index (χ0n) is 22.5. The Morgan fingerprint density at radius 2 is 1.71 bits per heavy atom. The summed E-state index contributed by atoms with van der Waals surface area (Å²) >= 11 is 12.2. The molecule has 11 nitrogen and oxygen atoms in total. The molecule has 3 aromatic carbocycles. The summed E-state index contributed by atoms with van der Waals surface area (Å²) in [6.07, 6.45) is -0.156. The average molecular weight is 611 g/mol. The number of halogens is 2. The van der Waals surface area contributed by atoms with Crippen LogP contribution in [-0.2, 0) is 20.9 Å². The quantitative estimate of drug-likeness (QED) is 0.155. The van der Waals surface area contributed by atoms with Gasteiger partial charge in [-0.25, -0.2) is 9.78 Å². The number of hydrogen-bond acceptors (Lipinski definition) is 6. The number of H-pyrrole nitrogens is 1. The van der Waals surface area contributed by atoms with Crippen molar-refractivity contribution in [2.45, 2.75) is 25.9 Å². The molecule has 42 heavy (non-hydrogen) atoms. The molecule has 1 atom stereocenters. The molecule has 0 aliphatic rings. The number of para-hydroxylation sites is 2. The second-order valence-corrected chi connectivity index (χ2v) is 9.98. The van der Waals surface area contributed by atoms with Crippen LogP contribution in [0.25, 0.3) is 11.0 Å². The van der Waals surface area contributed by atoms with E-state index in [1.54, 1.807) is 37.3 Å². The first kappa shape index (κ1) is 30.4. The van der Waals surface area contributed by atoms with Gasteiger partial charge >= 0.3 is 12.0 Å². The number of carbonyl (C=O) groups is 4. The van der Waals surface area contributed by atoms with Gasteiger partial charge in [-0.05, 0) is 61.0 Å². The Bertz CT molecular complexity index is 1560. The van der Waals surface area contributed by atoms with Gasteiger partial charge in [-0.1, -0.05) is 41.4 Å². The minimum absolute atomic E-state index is 0.156. The van der Waals surface area contributed by atoms with E-state index in [-0.39, 0.29) is 31.7 Å². The molecule has 5 N–H and O–H groups in total. The van der Waals surface area contributed by atoms with E-state index >= 15 is 0 Å². The molecule has 4 aromatic rings. The highest BCUT2D eigenvalue weighted by atomic mass is 35.5. The number of esters is 1. The van der Waals surface area contributed by atoms with E-state index in [1.165, 1.54) is 12.1 Å². The van der Waals surface area contributed by atoms with Crippen LogP contribution in [0.3, 0.4) is 0 Å². The molecule has 0 aliphatic heterocycles. The number of aromatic amines is 1. The van der Waals surface area contributed by atoms with Crippen molar-refractivity contribution in [3.05, 3.63) is 93.7 Å². The van der Waals surface area contributed by atoms with E-state index in [0.717, 1.165) is 11.0 Å². The van der Waals surface area contributed by atoms with Crippen molar-refractivity contribution in [1.82, 2.24) is 25.9 Å². The monoisotopic (exact) mass is 610 g/mol. The molecule has 0 bridgehead atoms. The zero-order chi connectivity index (χ0) is 30.1. The third-order valence-electron chi connectivity index (χ3n) is 5.95. The Hall–Kier alpha value is -4.61. The smallest absolute Gasteiger partial charge is 0.319 e. The van der Waals surface area contributed by atoms with Gasteiger partial charge in [0.25, 0.3) is 5.91 Å². The highest BCUT2D eigenvalue weighted by molar-refractivity contribution is 6.34. The van der Waals surface area contributed by atoms with Crippen molar-refractivity contribution in [2.24, 2.45) is 0 Å². The summed E-state index contributed by atoms with van der Waals surface area (Å²) < 4.78 is 5.02. The highest BCUT2D eigenvalue weighted by Crippen LogP contribution is 2.26. The molecule has 4 amide bonds. The number of benzene rings is 3. The Kier molecular flexibility index (Phi) is 10.4. The number of rotatable bonds is 11. The van der Waals surface area contributed by atoms with Gasteiger partial charge in [0.15, 0.2) is 0 Å². The van der Waals surface area contributed by atoms with Gasteiger partial charge in [-0.15, -0.1) is 0 Å². The largest absolute Gasteiger partial charge is 0.466 e. The maximum absolute atomic E-state index is 12.8. The van der Waals surface area contributed by atoms with Crippen LogP contribution in [-0.4, -0.2) is 46.9 Å². The Morgan fingerprint density at radius 1 is 0.952 bits per heavy atom. The van der Waals surface area contributed by atoms with Crippen LogP contribution in [0.4, 0.5) is 10.5 Å². The molecule has 1 unspecified atom stereocenters. The summed E-state index contributed by atoms with van der Waals surface area (Å²) in [5, 5.41) is 11.3. The summed E-state index contributed by atoms with van der Waals surface area (Å²) in [5.74, 6) is -1.01. The van der Waals surface area contributed by atoms with Crippen LogP contribution in [0.1, 0.15) is 41.1 Å². The molecule has 0 spiro atoms. The van der Waals surface area contributed by atoms with Gasteiger partial charge in [0, 0.05) is 21.3 Å². The molecule has 0 saturated heterocycles. The normalized spacial score (nSPS) is 11.4. The Balaban J connectivity index is 1.30. The minimum Gasteiger partial charge on any atom is -0.466 e. The number of amides is 4. The minimum atomic E-state index is -0.782. The first-order chi connectivity index (χ1) is 20.2. The van der Waals surface area contributed by atoms with Gasteiger partial charge in [0.1, 0.15) is 5.82 Å². The summed E-state index contributed by atoms with van der Waals surface area (Å²) in [6, 6.07) is 17.2. The van der Waals surface area contributed by atoms with Gasteiger partial charge in [-0.2, -0.15) is 0 Å². The molecule has 13 heteroatoms. The highest BCUT2D eigenvalue weighted by Gasteiger charge is 2.21. The number of imidazole rings is 1. The van der Waals surface area contributed by atoms with Gasteiger partial charge in [-0.3, -0.25) is 14.4 Å². The number of anilines is 1. The lowest BCUT2D eigenvalue weighted by Crippen LogP contribution is -2.39. The van der Waals surface area contributed by atoms with Crippen molar-refractivity contribution >= 4 is 63.7 Å².